The molecule has 146 valence electrons. The number of hydrogen-bond acceptors (Lipinski definition) is 4. The number of carbonyl (C=O) groups excluding carboxylic acids is 2. The summed E-state index contributed by atoms with van der Waals surface area (Å²) in [6.45, 7) is 3.12. The molecule has 1 aliphatic heterocycles. The molecule has 2 aromatic rings. The second-order valence-electron chi connectivity index (χ2n) is 6.50. The smallest absolute Gasteiger partial charge is 0.253 e. The van der Waals surface area contributed by atoms with Crippen LogP contribution in [0.5, 0.6) is 11.5 Å². The van der Waals surface area contributed by atoms with Crippen LogP contribution in [0.2, 0.25) is 0 Å². The topological polar surface area (TPSA) is 67.9 Å². The van der Waals surface area contributed by atoms with E-state index in [-0.39, 0.29) is 18.4 Å². The van der Waals surface area contributed by atoms with Gasteiger partial charge in [0, 0.05) is 31.8 Å². The van der Waals surface area contributed by atoms with Crippen molar-refractivity contribution < 1.29 is 19.1 Å². The highest BCUT2D eigenvalue weighted by atomic mass is 16.5. The Labute approximate surface area is 164 Å². The van der Waals surface area contributed by atoms with Gasteiger partial charge in [0.15, 0.2) is 11.5 Å². The van der Waals surface area contributed by atoms with Gasteiger partial charge in [-0.3, -0.25) is 9.59 Å². The third kappa shape index (κ3) is 4.17. The third-order valence-corrected chi connectivity index (χ3v) is 4.50. The zero-order valence-corrected chi connectivity index (χ0v) is 16.3. The molecule has 1 aliphatic rings. The van der Waals surface area contributed by atoms with Gasteiger partial charge in [-0.15, -0.1) is 0 Å². The Balaban J connectivity index is 1.71. The minimum atomic E-state index is -0.134. The van der Waals surface area contributed by atoms with E-state index in [1.807, 2.05) is 43.3 Å². The molecule has 1 heterocycles. The van der Waals surface area contributed by atoms with Gasteiger partial charge < -0.3 is 19.7 Å². The monoisotopic (exact) mass is 380 g/mol. The molecule has 0 radical (unpaired) electrons. The average molecular weight is 380 g/mol. The lowest BCUT2D eigenvalue weighted by Gasteiger charge is -2.23. The Morgan fingerprint density at radius 2 is 1.93 bits per heavy atom. The van der Waals surface area contributed by atoms with Gasteiger partial charge in [-0.1, -0.05) is 24.3 Å². The summed E-state index contributed by atoms with van der Waals surface area (Å²) in [7, 11) is 3.35. The van der Waals surface area contributed by atoms with Crippen LogP contribution < -0.4 is 14.8 Å². The normalized spacial score (nSPS) is 12.3. The molecule has 0 aliphatic carbocycles. The van der Waals surface area contributed by atoms with Crippen molar-refractivity contribution in [3.05, 3.63) is 64.7 Å². The summed E-state index contributed by atoms with van der Waals surface area (Å²) in [4.78, 5) is 26.1. The first-order chi connectivity index (χ1) is 13.5. The maximum absolute atomic E-state index is 12.8. The van der Waals surface area contributed by atoms with E-state index in [0.717, 1.165) is 11.1 Å². The molecule has 6 heteroatoms. The molecule has 0 unspecified atom stereocenters. The predicted molar refractivity (Wildman–Crippen MR) is 107 cm³/mol. The van der Waals surface area contributed by atoms with E-state index in [4.69, 9.17) is 9.47 Å². The van der Waals surface area contributed by atoms with E-state index in [9.17, 15) is 9.59 Å². The van der Waals surface area contributed by atoms with Crippen LogP contribution in [-0.4, -0.2) is 44.0 Å². The van der Waals surface area contributed by atoms with Crippen molar-refractivity contribution in [1.82, 2.24) is 10.2 Å². The van der Waals surface area contributed by atoms with Gasteiger partial charge in [-0.25, -0.2) is 0 Å². The quantitative estimate of drug-likeness (QED) is 0.837. The zero-order chi connectivity index (χ0) is 20.1. The van der Waals surface area contributed by atoms with Gasteiger partial charge in [-0.05, 0) is 36.8 Å². The summed E-state index contributed by atoms with van der Waals surface area (Å²) >= 11 is 0. The molecule has 0 aromatic heterocycles. The molecule has 2 amide bonds. The molecule has 0 saturated heterocycles. The fourth-order valence-corrected chi connectivity index (χ4v) is 3.07. The lowest BCUT2D eigenvalue weighted by molar-refractivity contribution is -0.126. The van der Waals surface area contributed by atoms with Crippen molar-refractivity contribution in [2.45, 2.75) is 13.5 Å². The Kier molecular flexibility index (Phi) is 5.99. The summed E-state index contributed by atoms with van der Waals surface area (Å²) in [5.41, 5.74) is 2.96. The molecule has 0 spiro atoms. The first kappa shape index (κ1) is 19.5. The summed E-state index contributed by atoms with van der Waals surface area (Å²) in [6.07, 6.45) is 1.86. The number of amides is 2. The largest absolute Gasteiger partial charge is 0.490 e. The maximum Gasteiger partial charge on any atom is 0.253 e. The van der Waals surface area contributed by atoms with Crippen molar-refractivity contribution in [3.63, 3.8) is 0 Å². The van der Waals surface area contributed by atoms with Crippen molar-refractivity contribution in [2.24, 2.45) is 0 Å². The van der Waals surface area contributed by atoms with Gasteiger partial charge >= 0.3 is 0 Å². The van der Waals surface area contributed by atoms with Crippen LogP contribution in [0.25, 0.3) is 6.08 Å². The molecule has 0 bridgehead atoms. The Bertz CT molecular complexity index is 903. The second-order valence-corrected chi connectivity index (χ2v) is 6.50. The number of nitrogens with one attached hydrogen (secondary N) is 1. The van der Waals surface area contributed by atoms with Crippen LogP contribution in [0.1, 0.15) is 28.4 Å². The van der Waals surface area contributed by atoms with Crippen molar-refractivity contribution in [1.29, 1.82) is 0 Å². The summed E-state index contributed by atoms with van der Waals surface area (Å²) < 4.78 is 11.4. The van der Waals surface area contributed by atoms with Crippen LogP contribution in [-0.2, 0) is 11.3 Å². The summed E-state index contributed by atoms with van der Waals surface area (Å²) in [5, 5.41) is 2.59. The molecule has 1 N–H and O–H groups in total. The van der Waals surface area contributed by atoms with E-state index in [2.05, 4.69) is 5.32 Å². The van der Waals surface area contributed by atoms with Crippen LogP contribution >= 0.6 is 0 Å². The molecule has 28 heavy (non-hydrogen) atoms. The van der Waals surface area contributed by atoms with Gasteiger partial charge in [-0.2, -0.15) is 0 Å². The maximum atomic E-state index is 12.8. The number of carbonyl (C=O) groups is 2. The van der Waals surface area contributed by atoms with Crippen LogP contribution in [0.15, 0.2) is 48.0 Å². The minimum Gasteiger partial charge on any atom is -0.490 e. The predicted octanol–water partition coefficient (Wildman–Crippen LogP) is 2.88. The minimum absolute atomic E-state index is 0.0946. The average Bonchev–Trinajstić information content (AvgIpc) is 2.73. The fourth-order valence-electron chi connectivity index (χ4n) is 3.07. The SMILES string of the molecule is CCOc1cccc2c1OCC(C(=O)N(C)Cc1ccc(C(=O)NC)cc1)=C2. The molecule has 2 aromatic carbocycles. The molecular weight excluding hydrogens is 356 g/mol. The Morgan fingerprint density at radius 1 is 1.18 bits per heavy atom. The summed E-state index contributed by atoms with van der Waals surface area (Å²) in [6, 6.07) is 12.9. The molecule has 0 atom stereocenters. The van der Waals surface area contributed by atoms with Crippen LogP contribution in [0, 0.1) is 0 Å². The van der Waals surface area contributed by atoms with E-state index in [0.29, 0.717) is 35.8 Å². The molecular formula is C22H24N2O4. The van der Waals surface area contributed by atoms with E-state index < -0.39 is 0 Å². The summed E-state index contributed by atoms with van der Waals surface area (Å²) in [5.74, 6) is 1.13. The van der Waals surface area contributed by atoms with E-state index in [1.165, 1.54) is 0 Å². The van der Waals surface area contributed by atoms with Gasteiger partial charge in [0.2, 0.25) is 0 Å². The third-order valence-electron chi connectivity index (χ3n) is 4.50. The van der Waals surface area contributed by atoms with Gasteiger partial charge in [0.05, 0.1) is 12.2 Å². The Morgan fingerprint density at radius 3 is 2.61 bits per heavy atom. The number of fused-ring (bicyclic) bond motifs is 1. The van der Waals surface area contributed by atoms with E-state index >= 15 is 0 Å². The zero-order valence-electron chi connectivity index (χ0n) is 16.3. The Hall–Kier alpha value is -3.28. The second kappa shape index (κ2) is 8.61. The number of para-hydroxylation sites is 1. The highest BCUT2D eigenvalue weighted by Crippen LogP contribution is 2.36. The lowest BCUT2D eigenvalue weighted by Crippen LogP contribution is -2.30. The number of ether oxygens (including phenoxy) is 2. The highest BCUT2D eigenvalue weighted by molar-refractivity contribution is 5.99. The number of hydrogen-bond donors (Lipinski definition) is 1. The van der Waals surface area contributed by atoms with Crippen molar-refractivity contribution in [2.75, 3.05) is 27.3 Å². The standard InChI is InChI=1S/C22H24N2O4/c1-4-27-19-7-5-6-17-12-18(14-28-20(17)19)22(26)24(3)13-15-8-10-16(11-9-15)21(25)23-2/h5-12H,4,13-14H2,1-3H3,(H,23,25). The number of benzene rings is 2. The molecule has 0 saturated carbocycles. The van der Waals surface area contributed by atoms with Crippen molar-refractivity contribution in [3.8, 4) is 11.5 Å². The van der Waals surface area contributed by atoms with Gasteiger partial charge in [0.25, 0.3) is 11.8 Å². The first-order valence-electron chi connectivity index (χ1n) is 9.19. The van der Waals surface area contributed by atoms with Gasteiger partial charge in [0.1, 0.15) is 6.61 Å². The number of likely N-dealkylation sites (N-methyl/N-ethyl adjacent to an activating group) is 1. The molecule has 3 rings (SSSR count). The van der Waals surface area contributed by atoms with Crippen LogP contribution in [0.3, 0.4) is 0 Å². The fraction of sp³-hybridized carbons (Fsp3) is 0.273. The van der Waals surface area contributed by atoms with Crippen LogP contribution in [0.4, 0.5) is 0 Å². The molecule has 0 fully saturated rings. The molecule has 6 nitrogen and oxygen atoms in total. The van der Waals surface area contributed by atoms with Crippen molar-refractivity contribution >= 4 is 17.9 Å². The van der Waals surface area contributed by atoms with E-state index in [1.54, 1.807) is 31.1 Å². The lowest BCUT2D eigenvalue weighted by atomic mass is 10.1. The number of nitrogens with zero attached hydrogens (tertiary/aromatic N) is 1. The highest BCUT2D eigenvalue weighted by Gasteiger charge is 2.22. The first-order valence-corrected chi connectivity index (χ1v) is 9.19. The number of rotatable bonds is 6.